The summed E-state index contributed by atoms with van der Waals surface area (Å²) < 4.78 is 5.07. The number of carbonyl (C=O) groups is 1. The molecular weight excluding hydrogens is 266 g/mol. The number of pyridine rings is 1. The van der Waals surface area contributed by atoms with Crippen LogP contribution < -0.4 is 5.32 Å². The average molecular weight is 277 g/mol. The van der Waals surface area contributed by atoms with Crippen LogP contribution in [0.2, 0.25) is 0 Å². The van der Waals surface area contributed by atoms with Crippen LogP contribution in [0.15, 0.2) is 28.8 Å². The zero-order chi connectivity index (χ0) is 14.7. The van der Waals surface area contributed by atoms with Gasteiger partial charge in [-0.1, -0.05) is 0 Å². The highest BCUT2D eigenvalue weighted by Crippen LogP contribution is 2.19. The van der Waals surface area contributed by atoms with Gasteiger partial charge in [-0.15, -0.1) is 0 Å². The SMILES string of the molecule is Cc1cc([N+](=O)[O-])cnc1NCc1ccc(C(=O)O)o1. The molecule has 2 heterocycles. The molecule has 0 aromatic carbocycles. The molecule has 20 heavy (non-hydrogen) atoms. The smallest absolute Gasteiger partial charge is 0.371 e. The molecule has 0 fully saturated rings. The normalized spacial score (nSPS) is 10.2. The molecule has 8 nitrogen and oxygen atoms in total. The van der Waals surface area contributed by atoms with E-state index in [4.69, 9.17) is 9.52 Å². The Bertz CT molecular complexity index is 665. The van der Waals surface area contributed by atoms with Gasteiger partial charge in [-0.3, -0.25) is 10.1 Å². The fourth-order valence-corrected chi connectivity index (χ4v) is 1.60. The van der Waals surface area contributed by atoms with Crippen LogP contribution in [-0.2, 0) is 6.54 Å². The van der Waals surface area contributed by atoms with E-state index in [9.17, 15) is 14.9 Å². The van der Waals surface area contributed by atoms with E-state index in [2.05, 4.69) is 10.3 Å². The van der Waals surface area contributed by atoms with Gasteiger partial charge in [-0.2, -0.15) is 0 Å². The van der Waals surface area contributed by atoms with E-state index >= 15 is 0 Å². The number of hydrogen-bond acceptors (Lipinski definition) is 6. The van der Waals surface area contributed by atoms with Gasteiger partial charge in [0.15, 0.2) is 0 Å². The molecule has 0 unspecified atom stereocenters. The molecule has 2 N–H and O–H groups in total. The lowest BCUT2D eigenvalue weighted by Crippen LogP contribution is -2.03. The number of aromatic carboxylic acids is 1. The number of aryl methyl sites for hydroxylation is 1. The van der Waals surface area contributed by atoms with Gasteiger partial charge in [-0.05, 0) is 24.6 Å². The Hall–Kier alpha value is -2.90. The molecule has 0 bridgehead atoms. The van der Waals surface area contributed by atoms with Crippen molar-refractivity contribution in [1.29, 1.82) is 0 Å². The lowest BCUT2D eigenvalue weighted by atomic mass is 10.2. The predicted molar refractivity (Wildman–Crippen MR) is 68.6 cm³/mol. The third-order valence-electron chi connectivity index (χ3n) is 2.58. The van der Waals surface area contributed by atoms with Crippen LogP contribution in [0.3, 0.4) is 0 Å². The maximum absolute atomic E-state index is 10.7. The Morgan fingerprint density at radius 1 is 1.55 bits per heavy atom. The zero-order valence-corrected chi connectivity index (χ0v) is 10.5. The summed E-state index contributed by atoms with van der Waals surface area (Å²) in [4.78, 5) is 24.7. The number of carboxylic acids is 1. The number of furan rings is 1. The number of aromatic nitrogens is 1. The van der Waals surface area contributed by atoms with Crippen LogP contribution in [0, 0.1) is 17.0 Å². The molecule has 0 aliphatic heterocycles. The van der Waals surface area contributed by atoms with Crippen molar-refractivity contribution in [3.8, 4) is 0 Å². The fourth-order valence-electron chi connectivity index (χ4n) is 1.60. The first-order valence-corrected chi connectivity index (χ1v) is 5.64. The maximum atomic E-state index is 10.7. The summed E-state index contributed by atoms with van der Waals surface area (Å²) in [6.07, 6.45) is 1.15. The van der Waals surface area contributed by atoms with Crippen molar-refractivity contribution >= 4 is 17.5 Å². The third kappa shape index (κ3) is 2.91. The van der Waals surface area contributed by atoms with Crippen LogP contribution in [0.5, 0.6) is 0 Å². The van der Waals surface area contributed by atoms with Gasteiger partial charge in [0.2, 0.25) is 5.76 Å². The van der Waals surface area contributed by atoms with Gasteiger partial charge < -0.3 is 14.8 Å². The Morgan fingerprint density at radius 2 is 2.30 bits per heavy atom. The first-order valence-electron chi connectivity index (χ1n) is 5.64. The van der Waals surface area contributed by atoms with E-state index in [1.165, 1.54) is 18.2 Å². The Balaban J connectivity index is 2.06. The molecule has 2 aromatic heterocycles. The number of carboxylic acid groups (broad SMARTS) is 1. The topological polar surface area (TPSA) is 118 Å². The number of hydrogen-bond donors (Lipinski definition) is 2. The van der Waals surface area contributed by atoms with E-state index < -0.39 is 10.9 Å². The second-order valence-corrected chi connectivity index (χ2v) is 4.04. The maximum Gasteiger partial charge on any atom is 0.371 e. The highest BCUT2D eigenvalue weighted by Gasteiger charge is 2.11. The molecule has 0 atom stereocenters. The van der Waals surface area contributed by atoms with Crippen molar-refractivity contribution in [1.82, 2.24) is 4.98 Å². The molecule has 0 aliphatic rings. The molecule has 0 spiro atoms. The van der Waals surface area contributed by atoms with Crippen molar-refractivity contribution in [2.24, 2.45) is 0 Å². The van der Waals surface area contributed by atoms with Gasteiger partial charge in [0, 0.05) is 6.07 Å². The van der Waals surface area contributed by atoms with E-state index in [-0.39, 0.29) is 18.0 Å². The summed E-state index contributed by atoms with van der Waals surface area (Å²) in [5.74, 6) is -0.373. The number of nitrogens with one attached hydrogen (secondary N) is 1. The fraction of sp³-hybridized carbons (Fsp3) is 0.167. The standard InChI is InChI=1S/C12H11N3O5/c1-7-4-8(15(18)19)5-13-11(7)14-6-9-2-3-10(20-9)12(16)17/h2-5H,6H2,1H3,(H,13,14)(H,16,17). The van der Waals surface area contributed by atoms with Crippen LogP contribution in [0.25, 0.3) is 0 Å². The summed E-state index contributed by atoms with van der Waals surface area (Å²) in [5.41, 5.74) is 0.531. The Labute approximate surface area is 113 Å². The molecule has 0 saturated heterocycles. The van der Waals surface area contributed by atoms with Crippen molar-refractivity contribution in [3.63, 3.8) is 0 Å². The first-order chi connectivity index (χ1) is 9.47. The molecule has 0 radical (unpaired) electrons. The second-order valence-electron chi connectivity index (χ2n) is 4.04. The molecule has 0 aliphatic carbocycles. The Morgan fingerprint density at radius 3 is 2.85 bits per heavy atom. The third-order valence-corrected chi connectivity index (χ3v) is 2.58. The average Bonchev–Trinajstić information content (AvgIpc) is 2.86. The minimum Gasteiger partial charge on any atom is -0.475 e. The zero-order valence-electron chi connectivity index (χ0n) is 10.5. The molecule has 0 amide bonds. The van der Waals surface area contributed by atoms with E-state index in [1.807, 2.05) is 0 Å². The highest BCUT2D eigenvalue weighted by atomic mass is 16.6. The van der Waals surface area contributed by atoms with Gasteiger partial charge in [0.1, 0.15) is 17.8 Å². The van der Waals surface area contributed by atoms with Crippen LogP contribution in [-0.4, -0.2) is 21.0 Å². The lowest BCUT2D eigenvalue weighted by Gasteiger charge is -2.06. The monoisotopic (exact) mass is 277 g/mol. The number of anilines is 1. The molecule has 0 saturated carbocycles. The quantitative estimate of drug-likeness (QED) is 0.635. The number of rotatable bonds is 5. The van der Waals surface area contributed by atoms with Gasteiger partial charge in [0.05, 0.1) is 11.5 Å². The molecule has 2 aromatic rings. The summed E-state index contributed by atoms with van der Waals surface area (Å²) in [6, 6.07) is 4.30. The second kappa shape index (κ2) is 5.39. The van der Waals surface area contributed by atoms with Crippen molar-refractivity contribution < 1.29 is 19.2 Å². The highest BCUT2D eigenvalue weighted by molar-refractivity contribution is 5.84. The van der Waals surface area contributed by atoms with Crippen molar-refractivity contribution in [2.75, 3.05) is 5.32 Å². The largest absolute Gasteiger partial charge is 0.475 e. The minimum absolute atomic E-state index is 0.0841. The Kier molecular flexibility index (Phi) is 3.65. The molecular formula is C12H11N3O5. The van der Waals surface area contributed by atoms with Crippen LogP contribution >= 0.6 is 0 Å². The molecule has 104 valence electrons. The summed E-state index contributed by atoms with van der Waals surface area (Å²) >= 11 is 0. The predicted octanol–water partition coefficient (Wildman–Crippen LogP) is 2.20. The minimum atomic E-state index is -1.14. The first kappa shape index (κ1) is 13.5. The van der Waals surface area contributed by atoms with Crippen molar-refractivity contribution in [3.05, 3.63) is 51.6 Å². The van der Waals surface area contributed by atoms with Gasteiger partial charge in [-0.25, -0.2) is 9.78 Å². The van der Waals surface area contributed by atoms with Crippen LogP contribution in [0.1, 0.15) is 21.9 Å². The molecule has 8 heteroatoms. The van der Waals surface area contributed by atoms with Crippen LogP contribution in [0.4, 0.5) is 11.5 Å². The van der Waals surface area contributed by atoms with E-state index in [0.717, 1.165) is 6.20 Å². The molecule has 2 rings (SSSR count). The van der Waals surface area contributed by atoms with E-state index in [0.29, 0.717) is 17.1 Å². The lowest BCUT2D eigenvalue weighted by molar-refractivity contribution is -0.385. The summed E-state index contributed by atoms with van der Waals surface area (Å²) in [6.45, 7) is 1.92. The summed E-state index contributed by atoms with van der Waals surface area (Å²) in [5, 5.41) is 22.2. The summed E-state index contributed by atoms with van der Waals surface area (Å²) in [7, 11) is 0. The number of nitro groups is 1. The van der Waals surface area contributed by atoms with Gasteiger partial charge in [0.25, 0.3) is 5.69 Å². The van der Waals surface area contributed by atoms with E-state index in [1.54, 1.807) is 6.92 Å². The van der Waals surface area contributed by atoms with Crippen molar-refractivity contribution in [2.45, 2.75) is 13.5 Å². The number of nitrogens with zero attached hydrogens (tertiary/aromatic N) is 2. The van der Waals surface area contributed by atoms with Gasteiger partial charge >= 0.3 is 5.97 Å².